The number of carbonyl (C=O) groups excluding carboxylic acids is 2. The summed E-state index contributed by atoms with van der Waals surface area (Å²) in [6.07, 6.45) is -1.48. The molecule has 2 saturated heterocycles. The molecule has 0 aliphatic carbocycles. The fourth-order valence-corrected chi connectivity index (χ4v) is 4.99. The molecule has 1 aromatic carbocycles. The summed E-state index contributed by atoms with van der Waals surface area (Å²) < 4.78 is 45.4. The topological polar surface area (TPSA) is 80.8 Å². The Balaban J connectivity index is 1.54. The number of likely N-dealkylation sites (N-methyl/N-ethyl adjacent to an activating group) is 1. The Morgan fingerprint density at radius 3 is 2.47 bits per heavy atom. The highest BCUT2D eigenvalue weighted by molar-refractivity contribution is 5.96. The standard InChI is InChI=1S/C24H25F3N4O3/c1-29(2)21(32)19-13-23(15-31(19)22(33)20-4-3-11-34-20)7-9-30(10-8-23)17-6-5-16(14-28)18(12-17)24(25,26)27/h3-6,11-12,19H,7-10,13,15H2,1-2H3. The van der Waals surface area contributed by atoms with Crippen molar-refractivity contribution >= 4 is 17.5 Å². The number of nitriles is 1. The maximum absolute atomic E-state index is 13.4. The lowest BCUT2D eigenvalue weighted by molar-refractivity contribution is -0.137. The van der Waals surface area contributed by atoms with Gasteiger partial charge in [-0.15, -0.1) is 0 Å². The lowest BCUT2D eigenvalue weighted by Gasteiger charge is -2.40. The Kier molecular flexibility index (Phi) is 6.06. The molecule has 1 atom stereocenters. The molecule has 0 radical (unpaired) electrons. The Morgan fingerprint density at radius 1 is 1.21 bits per heavy atom. The van der Waals surface area contributed by atoms with Crippen molar-refractivity contribution < 1.29 is 27.2 Å². The molecule has 2 amide bonds. The summed E-state index contributed by atoms with van der Waals surface area (Å²) in [5, 5.41) is 9.04. The predicted octanol–water partition coefficient (Wildman–Crippen LogP) is 3.76. The Morgan fingerprint density at radius 2 is 1.91 bits per heavy atom. The van der Waals surface area contributed by atoms with Gasteiger partial charge in [0.15, 0.2) is 5.76 Å². The highest BCUT2D eigenvalue weighted by atomic mass is 19.4. The number of amides is 2. The number of halogens is 3. The normalized spacial score (nSPS) is 19.8. The average molecular weight is 474 g/mol. The molecule has 34 heavy (non-hydrogen) atoms. The van der Waals surface area contributed by atoms with Crippen molar-refractivity contribution in [1.29, 1.82) is 5.26 Å². The second kappa shape index (κ2) is 8.70. The molecule has 10 heteroatoms. The number of nitrogens with zero attached hydrogens (tertiary/aromatic N) is 4. The quantitative estimate of drug-likeness (QED) is 0.677. The number of piperidine rings is 1. The number of rotatable bonds is 3. The lowest BCUT2D eigenvalue weighted by atomic mass is 9.76. The minimum Gasteiger partial charge on any atom is -0.459 e. The highest BCUT2D eigenvalue weighted by Gasteiger charge is 2.50. The van der Waals surface area contributed by atoms with Crippen molar-refractivity contribution in [2.75, 3.05) is 38.6 Å². The number of hydrogen-bond acceptors (Lipinski definition) is 5. The Labute approximate surface area is 195 Å². The Hall–Kier alpha value is -3.48. The third-order valence-electron chi connectivity index (χ3n) is 6.85. The smallest absolute Gasteiger partial charge is 0.417 e. The van der Waals surface area contributed by atoms with Gasteiger partial charge < -0.3 is 19.1 Å². The number of hydrogen-bond donors (Lipinski definition) is 0. The maximum Gasteiger partial charge on any atom is 0.417 e. The van der Waals surface area contributed by atoms with E-state index in [2.05, 4.69) is 0 Å². The highest BCUT2D eigenvalue weighted by Crippen LogP contribution is 2.45. The minimum absolute atomic E-state index is 0.166. The average Bonchev–Trinajstić information content (AvgIpc) is 3.46. The third kappa shape index (κ3) is 4.34. The molecule has 2 fully saturated rings. The molecule has 0 N–H and O–H groups in total. The first-order valence-corrected chi connectivity index (χ1v) is 11.0. The summed E-state index contributed by atoms with van der Waals surface area (Å²) in [7, 11) is 3.29. The van der Waals surface area contributed by atoms with Gasteiger partial charge in [0.1, 0.15) is 6.04 Å². The van der Waals surface area contributed by atoms with Gasteiger partial charge in [-0.05, 0) is 55.0 Å². The molecule has 0 bridgehead atoms. The zero-order valence-corrected chi connectivity index (χ0v) is 18.9. The van der Waals surface area contributed by atoms with E-state index in [0.29, 0.717) is 44.6 Å². The van der Waals surface area contributed by atoms with Crippen LogP contribution in [-0.2, 0) is 11.0 Å². The molecule has 2 aliphatic heterocycles. The molecule has 0 saturated carbocycles. The number of likely N-dealkylation sites (tertiary alicyclic amines) is 1. The molecule has 180 valence electrons. The van der Waals surface area contributed by atoms with Gasteiger partial charge in [-0.3, -0.25) is 9.59 Å². The van der Waals surface area contributed by atoms with Crippen LogP contribution in [0.3, 0.4) is 0 Å². The van der Waals surface area contributed by atoms with Gasteiger partial charge in [0.25, 0.3) is 5.91 Å². The van der Waals surface area contributed by atoms with Gasteiger partial charge in [0.2, 0.25) is 5.91 Å². The lowest BCUT2D eigenvalue weighted by Crippen LogP contribution is -2.45. The van der Waals surface area contributed by atoms with E-state index in [9.17, 15) is 22.8 Å². The fraction of sp³-hybridized carbons (Fsp3) is 0.458. The summed E-state index contributed by atoms with van der Waals surface area (Å²) in [4.78, 5) is 30.9. The van der Waals surface area contributed by atoms with E-state index in [1.807, 2.05) is 4.90 Å². The first-order valence-electron chi connectivity index (χ1n) is 11.0. The predicted molar refractivity (Wildman–Crippen MR) is 117 cm³/mol. The van der Waals surface area contributed by atoms with Gasteiger partial charge in [0, 0.05) is 39.4 Å². The van der Waals surface area contributed by atoms with Gasteiger partial charge in [-0.25, -0.2) is 0 Å². The van der Waals surface area contributed by atoms with Gasteiger partial charge >= 0.3 is 6.18 Å². The summed E-state index contributed by atoms with van der Waals surface area (Å²) in [5.41, 5.74) is -1.25. The number of anilines is 1. The number of alkyl halides is 3. The third-order valence-corrected chi connectivity index (χ3v) is 6.85. The van der Waals surface area contributed by atoms with E-state index < -0.39 is 23.3 Å². The van der Waals surface area contributed by atoms with Gasteiger partial charge in [-0.1, -0.05) is 0 Å². The van der Waals surface area contributed by atoms with E-state index in [4.69, 9.17) is 9.68 Å². The molecule has 3 heterocycles. The zero-order valence-electron chi connectivity index (χ0n) is 18.9. The van der Waals surface area contributed by atoms with E-state index >= 15 is 0 Å². The van der Waals surface area contributed by atoms with Crippen LogP contribution in [0.2, 0.25) is 0 Å². The first-order chi connectivity index (χ1) is 16.0. The van der Waals surface area contributed by atoms with E-state index in [1.165, 1.54) is 23.3 Å². The molecule has 1 aromatic heterocycles. The van der Waals surface area contributed by atoms with Crippen LogP contribution >= 0.6 is 0 Å². The molecular weight excluding hydrogens is 449 g/mol. The van der Waals surface area contributed by atoms with Crippen molar-refractivity contribution in [3.8, 4) is 6.07 Å². The van der Waals surface area contributed by atoms with E-state index in [-0.39, 0.29) is 23.0 Å². The van der Waals surface area contributed by atoms with Crippen LogP contribution in [0.5, 0.6) is 0 Å². The monoisotopic (exact) mass is 474 g/mol. The van der Waals surface area contributed by atoms with Crippen molar-refractivity contribution in [1.82, 2.24) is 9.80 Å². The summed E-state index contributed by atoms with van der Waals surface area (Å²) in [6.45, 7) is 1.34. The second-order valence-electron chi connectivity index (χ2n) is 9.19. The van der Waals surface area contributed by atoms with Crippen LogP contribution in [0.4, 0.5) is 18.9 Å². The number of benzene rings is 1. The maximum atomic E-state index is 13.4. The van der Waals surface area contributed by atoms with Gasteiger partial charge in [0.05, 0.1) is 23.5 Å². The van der Waals surface area contributed by atoms with E-state index in [1.54, 1.807) is 37.2 Å². The van der Waals surface area contributed by atoms with Crippen LogP contribution in [0.1, 0.15) is 40.9 Å². The molecular formula is C24H25F3N4O3. The van der Waals surface area contributed by atoms with Crippen molar-refractivity contribution in [2.24, 2.45) is 5.41 Å². The van der Waals surface area contributed by atoms with Crippen LogP contribution in [0, 0.1) is 16.7 Å². The number of furan rings is 1. The molecule has 7 nitrogen and oxygen atoms in total. The van der Waals surface area contributed by atoms with Crippen LogP contribution in [-0.4, -0.2) is 61.4 Å². The number of carbonyl (C=O) groups is 2. The largest absolute Gasteiger partial charge is 0.459 e. The molecule has 4 rings (SSSR count). The van der Waals surface area contributed by atoms with Crippen LogP contribution < -0.4 is 4.90 Å². The first kappa shape index (κ1) is 23.7. The summed E-state index contributed by atoms with van der Waals surface area (Å²) in [5.74, 6) is -0.337. The molecule has 1 spiro atoms. The van der Waals surface area contributed by atoms with E-state index in [0.717, 1.165) is 6.07 Å². The fourth-order valence-electron chi connectivity index (χ4n) is 4.99. The van der Waals surface area contributed by atoms with Crippen LogP contribution in [0.15, 0.2) is 41.0 Å². The van der Waals surface area contributed by atoms with Crippen molar-refractivity contribution in [2.45, 2.75) is 31.5 Å². The molecule has 2 aromatic rings. The van der Waals surface area contributed by atoms with Crippen molar-refractivity contribution in [3.63, 3.8) is 0 Å². The van der Waals surface area contributed by atoms with Crippen LogP contribution in [0.25, 0.3) is 0 Å². The molecule has 2 aliphatic rings. The molecule has 1 unspecified atom stereocenters. The zero-order chi connectivity index (χ0) is 24.7. The minimum atomic E-state index is -4.62. The Bertz CT molecular complexity index is 1110. The summed E-state index contributed by atoms with van der Waals surface area (Å²) >= 11 is 0. The summed E-state index contributed by atoms with van der Waals surface area (Å²) in [6, 6.07) is 7.93. The SMILES string of the molecule is CN(C)C(=O)C1CC2(CCN(c3ccc(C#N)c(C(F)(F)F)c3)CC2)CN1C(=O)c1ccco1. The van der Waals surface area contributed by atoms with Gasteiger partial charge in [-0.2, -0.15) is 18.4 Å². The second-order valence-corrected chi connectivity index (χ2v) is 9.19. The van der Waals surface area contributed by atoms with Crippen molar-refractivity contribution in [3.05, 3.63) is 53.5 Å².